The van der Waals surface area contributed by atoms with Gasteiger partial charge >= 0.3 is 0 Å². The van der Waals surface area contributed by atoms with E-state index in [1.165, 1.54) is 24.3 Å². The predicted molar refractivity (Wildman–Crippen MR) is 120 cm³/mol. The van der Waals surface area contributed by atoms with E-state index in [1.54, 1.807) is 30.3 Å². The monoisotopic (exact) mass is 490 g/mol. The van der Waals surface area contributed by atoms with Gasteiger partial charge in [-0.25, -0.2) is 12.8 Å². The van der Waals surface area contributed by atoms with Gasteiger partial charge in [-0.15, -0.1) is 0 Å². The summed E-state index contributed by atoms with van der Waals surface area (Å²) in [6.07, 6.45) is 0. The molecule has 0 bridgehead atoms. The van der Waals surface area contributed by atoms with Crippen molar-refractivity contribution in [2.24, 2.45) is 0 Å². The Morgan fingerprint density at radius 2 is 1.63 bits per heavy atom. The van der Waals surface area contributed by atoms with E-state index in [4.69, 9.17) is 0 Å². The zero-order valence-corrected chi connectivity index (χ0v) is 18.8. The highest BCUT2D eigenvalue weighted by Crippen LogP contribution is 2.25. The van der Waals surface area contributed by atoms with Gasteiger partial charge in [-0.1, -0.05) is 33.6 Å². The first kappa shape index (κ1) is 22.0. The van der Waals surface area contributed by atoms with Gasteiger partial charge < -0.3 is 5.32 Å². The number of rotatable bonds is 6. The quantitative estimate of drug-likeness (QED) is 0.526. The third-order valence-electron chi connectivity index (χ3n) is 4.45. The van der Waals surface area contributed by atoms with E-state index < -0.39 is 28.3 Å². The highest BCUT2D eigenvalue weighted by atomic mass is 79.9. The second kappa shape index (κ2) is 8.97. The molecule has 0 aromatic heterocycles. The third-order valence-corrected chi connectivity index (χ3v) is 7.13. The van der Waals surface area contributed by atoms with Gasteiger partial charge in [-0.2, -0.15) is 0 Å². The van der Waals surface area contributed by atoms with Crippen LogP contribution in [0.3, 0.4) is 0 Å². The molecule has 0 spiro atoms. The van der Waals surface area contributed by atoms with Crippen molar-refractivity contribution in [2.75, 3.05) is 16.2 Å². The molecule has 0 aliphatic carbocycles. The molecule has 0 aliphatic heterocycles. The van der Waals surface area contributed by atoms with Gasteiger partial charge in [-0.3, -0.25) is 9.10 Å². The van der Waals surface area contributed by atoms with Crippen LogP contribution >= 0.6 is 15.9 Å². The maximum atomic E-state index is 13.4. The fraction of sp³-hybridized carbons (Fsp3) is 0.136. The summed E-state index contributed by atoms with van der Waals surface area (Å²) in [5, 5.41) is 2.71. The number of hydrogen-bond acceptors (Lipinski definition) is 3. The molecule has 3 aromatic carbocycles. The number of benzene rings is 3. The van der Waals surface area contributed by atoms with E-state index in [9.17, 15) is 17.6 Å². The number of nitrogens with one attached hydrogen (secondary N) is 1. The van der Waals surface area contributed by atoms with Crippen LogP contribution < -0.4 is 9.62 Å². The Kier molecular flexibility index (Phi) is 6.58. The van der Waals surface area contributed by atoms with Gasteiger partial charge in [0.15, 0.2) is 0 Å². The van der Waals surface area contributed by atoms with E-state index in [0.717, 1.165) is 32.0 Å². The van der Waals surface area contributed by atoms with Gasteiger partial charge in [0.1, 0.15) is 12.4 Å². The largest absolute Gasteiger partial charge is 0.325 e. The minimum atomic E-state index is -4.04. The number of hydrogen-bond donors (Lipinski definition) is 1. The normalized spacial score (nSPS) is 11.2. The lowest BCUT2D eigenvalue weighted by Gasteiger charge is -2.24. The number of carbonyl (C=O) groups excluding carboxylic acids is 1. The molecule has 1 N–H and O–H groups in total. The van der Waals surface area contributed by atoms with Crippen LogP contribution in [0.2, 0.25) is 0 Å². The fourth-order valence-corrected chi connectivity index (χ4v) is 4.48. The standard InChI is InChI=1S/C22H20BrFN2O3S/c1-15-3-10-20(11-4-15)30(28,29)26(19-8-5-17(24)6-9-19)14-22(27)25-18-7-12-21(23)16(2)13-18/h3-13H,14H2,1-2H3,(H,25,27). The van der Waals surface area contributed by atoms with Crippen molar-refractivity contribution in [1.29, 1.82) is 0 Å². The van der Waals surface area contributed by atoms with Gasteiger partial charge in [0.2, 0.25) is 5.91 Å². The van der Waals surface area contributed by atoms with Crippen LogP contribution in [0.1, 0.15) is 11.1 Å². The molecule has 3 rings (SSSR count). The fourth-order valence-electron chi connectivity index (χ4n) is 2.81. The molecule has 0 saturated carbocycles. The topological polar surface area (TPSA) is 66.5 Å². The first-order valence-corrected chi connectivity index (χ1v) is 11.3. The summed E-state index contributed by atoms with van der Waals surface area (Å²) in [5.41, 5.74) is 2.58. The summed E-state index contributed by atoms with van der Waals surface area (Å²) in [6, 6.07) is 16.6. The Morgan fingerprint density at radius 1 is 1.00 bits per heavy atom. The molecule has 3 aromatic rings. The Balaban J connectivity index is 1.93. The maximum Gasteiger partial charge on any atom is 0.264 e. The molecule has 0 atom stereocenters. The molecule has 0 saturated heterocycles. The Bertz CT molecular complexity index is 1160. The molecule has 0 unspecified atom stereocenters. The van der Waals surface area contributed by atoms with Gasteiger partial charge in [0.25, 0.3) is 10.0 Å². The van der Waals surface area contributed by atoms with Crippen molar-refractivity contribution in [3.8, 4) is 0 Å². The Morgan fingerprint density at radius 3 is 2.23 bits per heavy atom. The van der Waals surface area contributed by atoms with Crippen LogP contribution in [-0.2, 0) is 14.8 Å². The molecule has 0 radical (unpaired) electrons. The molecule has 0 aliphatic rings. The number of halogens is 2. The number of nitrogens with zero attached hydrogens (tertiary/aromatic N) is 1. The second-order valence-corrected chi connectivity index (χ2v) is 9.53. The van der Waals surface area contributed by atoms with E-state index in [-0.39, 0.29) is 10.6 Å². The molecular weight excluding hydrogens is 471 g/mol. The average molecular weight is 491 g/mol. The van der Waals surface area contributed by atoms with Crippen LogP contribution in [0.5, 0.6) is 0 Å². The summed E-state index contributed by atoms with van der Waals surface area (Å²) in [4.78, 5) is 12.7. The first-order valence-electron chi connectivity index (χ1n) is 9.08. The minimum absolute atomic E-state index is 0.0460. The molecule has 0 heterocycles. The Hall–Kier alpha value is -2.71. The molecular formula is C22H20BrFN2O3S. The molecule has 1 amide bonds. The van der Waals surface area contributed by atoms with Crippen LogP contribution in [0, 0.1) is 19.7 Å². The van der Waals surface area contributed by atoms with Crippen molar-refractivity contribution in [3.63, 3.8) is 0 Å². The maximum absolute atomic E-state index is 13.4. The number of aryl methyl sites for hydroxylation is 2. The van der Waals surface area contributed by atoms with E-state index in [1.807, 2.05) is 13.8 Å². The summed E-state index contributed by atoms with van der Waals surface area (Å²) in [6.45, 7) is 3.27. The third kappa shape index (κ3) is 5.06. The van der Waals surface area contributed by atoms with Gasteiger partial charge in [0.05, 0.1) is 10.6 Å². The minimum Gasteiger partial charge on any atom is -0.325 e. The number of sulfonamides is 1. The lowest BCUT2D eigenvalue weighted by molar-refractivity contribution is -0.114. The summed E-state index contributed by atoms with van der Waals surface area (Å²) in [5.74, 6) is -1.02. The van der Waals surface area contributed by atoms with Crippen molar-refractivity contribution < 1.29 is 17.6 Å². The predicted octanol–water partition coefficient (Wildman–Crippen LogP) is 5.04. The SMILES string of the molecule is Cc1ccc(S(=O)(=O)N(CC(=O)Nc2ccc(Br)c(C)c2)c2ccc(F)cc2)cc1. The van der Waals surface area contributed by atoms with E-state index >= 15 is 0 Å². The van der Waals surface area contributed by atoms with Crippen molar-refractivity contribution in [3.05, 3.63) is 88.1 Å². The van der Waals surface area contributed by atoms with Crippen LogP contribution in [0.25, 0.3) is 0 Å². The number of amides is 1. The zero-order chi connectivity index (χ0) is 21.9. The highest BCUT2D eigenvalue weighted by Gasteiger charge is 2.27. The van der Waals surface area contributed by atoms with Gasteiger partial charge in [-0.05, 0) is 74.0 Å². The Labute approximate surface area is 183 Å². The summed E-state index contributed by atoms with van der Waals surface area (Å²) in [7, 11) is -4.04. The summed E-state index contributed by atoms with van der Waals surface area (Å²) >= 11 is 3.40. The lowest BCUT2D eigenvalue weighted by atomic mass is 10.2. The summed E-state index contributed by atoms with van der Waals surface area (Å²) < 4.78 is 41.8. The molecule has 156 valence electrons. The van der Waals surface area contributed by atoms with Crippen molar-refractivity contribution >= 4 is 43.2 Å². The average Bonchev–Trinajstić information content (AvgIpc) is 2.70. The molecule has 5 nitrogen and oxygen atoms in total. The van der Waals surface area contributed by atoms with Crippen molar-refractivity contribution in [1.82, 2.24) is 0 Å². The van der Waals surface area contributed by atoms with Crippen LogP contribution in [0.4, 0.5) is 15.8 Å². The zero-order valence-electron chi connectivity index (χ0n) is 16.4. The van der Waals surface area contributed by atoms with Gasteiger partial charge in [0, 0.05) is 10.2 Å². The molecule has 0 fully saturated rings. The lowest BCUT2D eigenvalue weighted by Crippen LogP contribution is -2.38. The van der Waals surface area contributed by atoms with Crippen molar-refractivity contribution in [2.45, 2.75) is 18.7 Å². The van der Waals surface area contributed by atoms with Crippen LogP contribution in [-0.4, -0.2) is 20.9 Å². The second-order valence-electron chi connectivity index (χ2n) is 6.81. The number of anilines is 2. The highest BCUT2D eigenvalue weighted by molar-refractivity contribution is 9.10. The van der Waals surface area contributed by atoms with E-state index in [2.05, 4.69) is 21.2 Å². The van der Waals surface area contributed by atoms with Crippen LogP contribution in [0.15, 0.2) is 76.1 Å². The van der Waals surface area contributed by atoms with E-state index in [0.29, 0.717) is 5.69 Å². The smallest absolute Gasteiger partial charge is 0.264 e. The number of carbonyl (C=O) groups is 1. The molecule has 8 heteroatoms. The first-order chi connectivity index (χ1) is 14.2. The molecule has 30 heavy (non-hydrogen) atoms.